The van der Waals surface area contributed by atoms with E-state index in [0.29, 0.717) is 34.6 Å². The summed E-state index contributed by atoms with van der Waals surface area (Å²) in [4.78, 5) is 16.1. The molecule has 0 unspecified atom stereocenters. The summed E-state index contributed by atoms with van der Waals surface area (Å²) in [6.07, 6.45) is 1.47. The van der Waals surface area contributed by atoms with Crippen LogP contribution in [0.1, 0.15) is 21.5 Å². The molecule has 8 heteroatoms. The van der Waals surface area contributed by atoms with Crippen molar-refractivity contribution in [2.45, 2.75) is 13.5 Å². The van der Waals surface area contributed by atoms with Gasteiger partial charge in [0.25, 0.3) is 0 Å². The van der Waals surface area contributed by atoms with Crippen molar-refractivity contribution in [3.8, 4) is 0 Å². The molecule has 0 saturated carbocycles. The van der Waals surface area contributed by atoms with E-state index in [1.165, 1.54) is 18.9 Å². The Morgan fingerprint density at radius 2 is 2.04 bits per heavy atom. The molecule has 2 aromatic carbocycles. The van der Waals surface area contributed by atoms with Crippen LogP contribution in [0.15, 0.2) is 48.7 Å². The van der Waals surface area contributed by atoms with E-state index in [0.717, 1.165) is 5.56 Å². The van der Waals surface area contributed by atoms with Crippen LogP contribution in [0.25, 0.3) is 0 Å². The number of nitrogens with zero attached hydrogens (tertiary/aromatic N) is 3. The summed E-state index contributed by atoms with van der Waals surface area (Å²) in [6, 6.07) is 12.9. The molecule has 0 bridgehead atoms. The molecule has 1 heterocycles. The fourth-order valence-corrected chi connectivity index (χ4v) is 2.59. The fraction of sp³-hybridized carbons (Fsp3) is 0.158. The number of anilines is 3. The largest absolute Gasteiger partial charge is 0.465 e. The van der Waals surface area contributed by atoms with Gasteiger partial charge >= 0.3 is 5.97 Å². The molecule has 0 aliphatic heterocycles. The van der Waals surface area contributed by atoms with Crippen molar-refractivity contribution in [2.24, 2.45) is 0 Å². The molecule has 2 N–H and O–H groups in total. The summed E-state index contributed by atoms with van der Waals surface area (Å²) in [5.74, 6) is 0.376. The van der Waals surface area contributed by atoms with Crippen LogP contribution in [0.3, 0.4) is 0 Å². The highest BCUT2D eigenvalue weighted by Gasteiger charge is 2.10. The third-order valence-electron chi connectivity index (χ3n) is 3.91. The summed E-state index contributed by atoms with van der Waals surface area (Å²) in [5.41, 5.74) is 3.22. The number of carbonyl (C=O) groups excluding carboxylic acids is 1. The van der Waals surface area contributed by atoms with Crippen LogP contribution in [0.2, 0.25) is 5.02 Å². The lowest BCUT2D eigenvalue weighted by atomic mass is 10.1. The number of halogens is 1. The molecule has 0 radical (unpaired) electrons. The van der Waals surface area contributed by atoms with Gasteiger partial charge in [0.1, 0.15) is 0 Å². The predicted molar refractivity (Wildman–Crippen MR) is 104 cm³/mol. The van der Waals surface area contributed by atoms with Crippen LogP contribution in [0, 0.1) is 6.92 Å². The molecule has 0 amide bonds. The molecule has 0 aliphatic rings. The first-order valence-corrected chi connectivity index (χ1v) is 8.57. The monoisotopic (exact) mass is 383 g/mol. The number of nitrogens with one attached hydrogen (secondary N) is 2. The van der Waals surface area contributed by atoms with Gasteiger partial charge in [0, 0.05) is 6.54 Å². The number of rotatable bonds is 6. The van der Waals surface area contributed by atoms with Crippen molar-refractivity contribution in [2.75, 3.05) is 17.7 Å². The molecule has 138 valence electrons. The van der Waals surface area contributed by atoms with Gasteiger partial charge in [-0.1, -0.05) is 35.9 Å². The topological polar surface area (TPSA) is 89.0 Å². The normalized spacial score (nSPS) is 10.3. The lowest BCUT2D eigenvalue weighted by molar-refractivity contribution is 0.0601. The standard InChI is InChI=1S/C19H18ClN5O2/c1-12-5-3-4-6-14(12)10-21-19-24-17(11-22-25-19)23-16-9-13(18(26)27-2)7-8-15(16)20/h3-9,11H,10H2,1-2H3,(H2,21,23,24,25). The van der Waals surface area contributed by atoms with Crippen LogP contribution >= 0.6 is 11.6 Å². The third-order valence-corrected chi connectivity index (χ3v) is 4.24. The zero-order chi connectivity index (χ0) is 19.2. The van der Waals surface area contributed by atoms with Crippen molar-refractivity contribution in [3.63, 3.8) is 0 Å². The smallest absolute Gasteiger partial charge is 0.337 e. The van der Waals surface area contributed by atoms with Gasteiger partial charge in [-0.25, -0.2) is 4.79 Å². The Bertz CT molecular complexity index is 964. The van der Waals surface area contributed by atoms with Gasteiger partial charge < -0.3 is 15.4 Å². The molecule has 0 spiro atoms. The Hall–Kier alpha value is -3.19. The second-order valence-electron chi connectivity index (χ2n) is 5.76. The first kappa shape index (κ1) is 18.6. The van der Waals surface area contributed by atoms with Gasteiger partial charge in [-0.05, 0) is 36.2 Å². The number of aromatic nitrogens is 3. The molecule has 3 aromatic rings. The maximum Gasteiger partial charge on any atom is 0.337 e. The summed E-state index contributed by atoms with van der Waals surface area (Å²) >= 11 is 6.20. The maximum atomic E-state index is 11.7. The van der Waals surface area contributed by atoms with Crippen molar-refractivity contribution in [1.82, 2.24) is 15.2 Å². The predicted octanol–water partition coefficient (Wildman–Crippen LogP) is 3.98. The minimum atomic E-state index is -0.448. The van der Waals surface area contributed by atoms with Crippen molar-refractivity contribution in [1.29, 1.82) is 0 Å². The maximum absolute atomic E-state index is 11.7. The minimum Gasteiger partial charge on any atom is -0.465 e. The average molecular weight is 384 g/mol. The first-order chi connectivity index (χ1) is 13.1. The number of hydrogen-bond acceptors (Lipinski definition) is 7. The van der Waals surface area contributed by atoms with Crippen molar-refractivity contribution < 1.29 is 9.53 Å². The van der Waals surface area contributed by atoms with Crippen LogP contribution in [-0.4, -0.2) is 28.3 Å². The molecule has 1 aromatic heterocycles. The fourth-order valence-electron chi connectivity index (χ4n) is 2.43. The van der Waals surface area contributed by atoms with Gasteiger partial charge in [-0.2, -0.15) is 10.1 Å². The summed E-state index contributed by atoms with van der Waals surface area (Å²) < 4.78 is 4.73. The van der Waals surface area contributed by atoms with Gasteiger partial charge in [0.15, 0.2) is 5.82 Å². The lowest BCUT2D eigenvalue weighted by Crippen LogP contribution is -2.07. The molecule has 0 fully saturated rings. The molecular weight excluding hydrogens is 366 g/mol. The Morgan fingerprint density at radius 3 is 2.81 bits per heavy atom. The highest BCUT2D eigenvalue weighted by molar-refractivity contribution is 6.33. The van der Waals surface area contributed by atoms with E-state index >= 15 is 0 Å². The van der Waals surface area contributed by atoms with Gasteiger partial charge in [-0.3, -0.25) is 0 Å². The molecule has 0 saturated heterocycles. The molecule has 27 heavy (non-hydrogen) atoms. The highest BCUT2D eigenvalue weighted by atomic mass is 35.5. The number of hydrogen-bond donors (Lipinski definition) is 2. The van der Waals surface area contributed by atoms with E-state index in [2.05, 4.69) is 25.8 Å². The Balaban J connectivity index is 1.74. The molecule has 3 rings (SSSR count). The van der Waals surface area contributed by atoms with Crippen LogP contribution in [0.5, 0.6) is 0 Å². The van der Waals surface area contributed by atoms with Gasteiger partial charge in [-0.15, -0.1) is 5.10 Å². The summed E-state index contributed by atoms with van der Waals surface area (Å²) in [7, 11) is 1.32. The Labute approximate surface area is 161 Å². The first-order valence-electron chi connectivity index (χ1n) is 8.20. The number of aryl methyl sites for hydroxylation is 1. The number of ether oxygens (including phenoxy) is 1. The quantitative estimate of drug-likeness (QED) is 0.622. The van der Waals surface area contributed by atoms with E-state index in [1.54, 1.807) is 18.2 Å². The minimum absolute atomic E-state index is 0.378. The van der Waals surface area contributed by atoms with E-state index in [1.807, 2.05) is 31.2 Å². The van der Waals surface area contributed by atoms with Gasteiger partial charge in [0.05, 0.1) is 29.6 Å². The second-order valence-corrected chi connectivity index (χ2v) is 6.16. The number of esters is 1. The Kier molecular flexibility index (Phi) is 5.83. The Morgan fingerprint density at radius 1 is 1.22 bits per heavy atom. The van der Waals surface area contributed by atoms with E-state index < -0.39 is 5.97 Å². The molecule has 0 aliphatic carbocycles. The zero-order valence-corrected chi connectivity index (χ0v) is 15.6. The average Bonchev–Trinajstić information content (AvgIpc) is 2.69. The number of methoxy groups -OCH3 is 1. The van der Waals surface area contributed by atoms with Gasteiger partial charge in [0.2, 0.25) is 5.95 Å². The zero-order valence-electron chi connectivity index (χ0n) is 14.9. The highest BCUT2D eigenvalue weighted by Crippen LogP contribution is 2.26. The SMILES string of the molecule is COC(=O)c1ccc(Cl)c(Nc2cnnc(NCc3ccccc3C)n2)c1. The van der Waals surface area contributed by atoms with Crippen LogP contribution in [-0.2, 0) is 11.3 Å². The van der Waals surface area contributed by atoms with Crippen molar-refractivity contribution in [3.05, 3.63) is 70.4 Å². The summed E-state index contributed by atoms with van der Waals surface area (Å²) in [6.45, 7) is 2.63. The van der Waals surface area contributed by atoms with Crippen molar-refractivity contribution >= 4 is 35.0 Å². The number of benzene rings is 2. The molecule has 0 atom stereocenters. The van der Waals surface area contributed by atoms with Crippen LogP contribution in [0.4, 0.5) is 17.5 Å². The summed E-state index contributed by atoms with van der Waals surface area (Å²) in [5, 5.41) is 14.6. The molecular formula is C19H18ClN5O2. The van der Waals surface area contributed by atoms with Crippen LogP contribution < -0.4 is 10.6 Å². The van der Waals surface area contributed by atoms with E-state index in [4.69, 9.17) is 16.3 Å². The van der Waals surface area contributed by atoms with E-state index in [-0.39, 0.29) is 0 Å². The third kappa shape index (κ3) is 4.71. The second kappa shape index (κ2) is 8.46. The lowest BCUT2D eigenvalue weighted by Gasteiger charge is -2.11. The number of carbonyl (C=O) groups is 1. The van der Waals surface area contributed by atoms with E-state index in [9.17, 15) is 4.79 Å². The molecule has 7 nitrogen and oxygen atoms in total.